The molecule has 0 aliphatic heterocycles. The Bertz CT molecular complexity index is 1060. The normalized spacial score (nSPS) is 11.3. The molecule has 6 nitrogen and oxygen atoms in total. The molecular weight excluding hydrogens is 280 g/mol. The van der Waals surface area contributed by atoms with E-state index in [-0.39, 0.29) is 5.56 Å². The van der Waals surface area contributed by atoms with Crippen molar-refractivity contribution in [1.82, 2.24) is 14.2 Å². The Hall–Kier alpha value is -3.15. The number of fused-ring (bicyclic) bond motifs is 3. The third-order valence-corrected chi connectivity index (χ3v) is 3.78. The van der Waals surface area contributed by atoms with E-state index in [2.05, 4.69) is 5.10 Å². The lowest BCUT2D eigenvalue weighted by Crippen LogP contribution is -2.37. The number of benzene rings is 2. The van der Waals surface area contributed by atoms with Crippen LogP contribution in [0.5, 0.6) is 6.01 Å². The highest BCUT2D eigenvalue weighted by atomic mass is 16.3. The van der Waals surface area contributed by atoms with Gasteiger partial charge in [0.05, 0.1) is 12.7 Å². The number of imidazole rings is 1. The molecule has 0 amide bonds. The molecule has 0 spiro atoms. The quantitative estimate of drug-likeness (QED) is 0.481. The van der Waals surface area contributed by atoms with Crippen LogP contribution in [0.2, 0.25) is 0 Å². The molecule has 4 rings (SSSR count). The van der Waals surface area contributed by atoms with Crippen molar-refractivity contribution in [3.8, 4) is 11.7 Å². The lowest BCUT2D eigenvalue weighted by Gasteiger charge is -2.12. The maximum Gasteiger partial charge on any atom is 0.375 e. The van der Waals surface area contributed by atoms with Crippen LogP contribution < -0.4 is 15.2 Å². The van der Waals surface area contributed by atoms with Crippen LogP contribution in [0.25, 0.3) is 22.4 Å². The van der Waals surface area contributed by atoms with Crippen LogP contribution in [0.4, 0.5) is 0 Å². The summed E-state index contributed by atoms with van der Waals surface area (Å²) in [6.07, 6.45) is 0. The number of nitrogens with zero attached hydrogens (tertiary/aromatic N) is 4. The molecule has 0 aliphatic carbocycles. The predicted molar refractivity (Wildman–Crippen MR) is 78.9 cm³/mol. The monoisotopic (exact) mass is 292 g/mol. The van der Waals surface area contributed by atoms with E-state index in [0.717, 1.165) is 15.6 Å². The zero-order chi connectivity index (χ0) is 15.3. The topological polar surface area (TPSA) is 66.2 Å². The molecule has 0 unspecified atom stereocenters. The first-order chi connectivity index (χ1) is 10.7. The average Bonchev–Trinajstić information content (AvgIpc) is 2.82. The van der Waals surface area contributed by atoms with E-state index in [1.807, 2.05) is 30.3 Å². The summed E-state index contributed by atoms with van der Waals surface area (Å²) in [6.45, 7) is 0. The lowest BCUT2D eigenvalue weighted by molar-refractivity contribution is -0.619. The van der Waals surface area contributed by atoms with Gasteiger partial charge in [0.1, 0.15) is 6.01 Å². The molecule has 0 atom stereocenters. The fourth-order valence-corrected chi connectivity index (χ4v) is 2.75. The van der Waals surface area contributed by atoms with Gasteiger partial charge in [-0.2, -0.15) is 0 Å². The van der Waals surface area contributed by atoms with Gasteiger partial charge in [0.25, 0.3) is 0 Å². The summed E-state index contributed by atoms with van der Waals surface area (Å²) in [7, 11) is 1.79. The van der Waals surface area contributed by atoms with Crippen molar-refractivity contribution in [2.24, 2.45) is 7.05 Å². The Labute approximate surface area is 125 Å². The van der Waals surface area contributed by atoms with Gasteiger partial charge >= 0.3 is 11.2 Å². The minimum Gasteiger partial charge on any atom is -0.843 e. The number of rotatable bonds is 1. The van der Waals surface area contributed by atoms with Gasteiger partial charge in [-0.3, -0.25) is 9.36 Å². The van der Waals surface area contributed by atoms with Gasteiger partial charge in [-0.1, -0.05) is 39.9 Å². The zero-order valence-electron chi connectivity index (χ0n) is 11.8. The first kappa shape index (κ1) is 12.6. The molecule has 0 aliphatic rings. The van der Waals surface area contributed by atoms with E-state index < -0.39 is 6.01 Å². The van der Waals surface area contributed by atoms with Crippen LogP contribution in [-0.2, 0) is 7.05 Å². The second kappa shape index (κ2) is 4.42. The van der Waals surface area contributed by atoms with E-state index in [1.165, 1.54) is 4.52 Å². The van der Waals surface area contributed by atoms with Crippen LogP contribution in [0.3, 0.4) is 0 Å². The second-order valence-electron chi connectivity index (χ2n) is 5.04. The third-order valence-electron chi connectivity index (χ3n) is 3.78. The van der Waals surface area contributed by atoms with Crippen molar-refractivity contribution in [1.29, 1.82) is 0 Å². The van der Waals surface area contributed by atoms with E-state index in [0.29, 0.717) is 11.3 Å². The minimum atomic E-state index is -0.593. The van der Waals surface area contributed by atoms with Crippen LogP contribution >= 0.6 is 0 Å². The van der Waals surface area contributed by atoms with Gasteiger partial charge in [-0.25, -0.2) is 4.57 Å². The van der Waals surface area contributed by atoms with Crippen LogP contribution in [0.1, 0.15) is 0 Å². The average molecular weight is 292 g/mol. The minimum absolute atomic E-state index is 0.352. The maximum absolute atomic E-state index is 12.8. The van der Waals surface area contributed by atoms with Crippen molar-refractivity contribution in [3.05, 3.63) is 65.0 Å². The smallest absolute Gasteiger partial charge is 0.375 e. The molecule has 0 N–H and O–H groups in total. The summed E-state index contributed by atoms with van der Waals surface area (Å²) in [5, 5.41) is 16.4. The number of aryl methyl sites for hydroxylation is 1. The van der Waals surface area contributed by atoms with Gasteiger partial charge < -0.3 is 5.11 Å². The van der Waals surface area contributed by atoms with Gasteiger partial charge in [0, 0.05) is 0 Å². The second-order valence-corrected chi connectivity index (χ2v) is 5.04. The van der Waals surface area contributed by atoms with Crippen molar-refractivity contribution >= 4 is 16.7 Å². The van der Waals surface area contributed by atoms with E-state index >= 15 is 0 Å². The molecule has 6 heteroatoms. The molecular formula is C16H12N4O2. The fraction of sp³-hybridized carbons (Fsp3) is 0.0625. The highest BCUT2D eigenvalue weighted by molar-refractivity contribution is 5.74. The standard InChI is InChI=1S/C16H12N4O2/c1-18-12-9-5-6-10-13(12)20-14(18)15(21)19(16(22)17-20)11-7-3-2-4-8-11/h2-10H,1H3. The number of para-hydroxylation sites is 3. The summed E-state index contributed by atoms with van der Waals surface area (Å²) in [6, 6.07) is 15.7. The molecule has 2 aromatic heterocycles. The first-order valence-corrected chi connectivity index (χ1v) is 6.83. The van der Waals surface area contributed by atoms with Gasteiger partial charge in [0.2, 0.25) is 5.52 Å². The molecule has 2 heterocycles. The van der Waals surface area contributed by atoms with Crippen LogP contribution in [0, 0.1) is 0 Å². The van der Waals surface area contributed by atoms with Crippen molar-refractivity contribution in [2.45, 2.75) is 0 Å². The fourth-order valence-electron chi connectivity index (χ4n) is 2.75. The summed E-state index contributed by atoms with van der Waals surface area (Å²) < 4.78 is 4.26. The first-order valence-electron chi connectivity index (χ1n) is 6.83. The van der Waals surface area contributed by atoms with E-state index in [4.69, 9.17) is 0 Å². The third kappa shape index (κ3) is 1.57. The summed E-state index contributed by atoms with van der Waals surface area (Å²) in [5.74, 6) is 0. The predicted octanol–water partition coefficient (Wildman–Crippen LogP) is 0.536. The Morgan fingerprint density at radius 3 is 2.50 bits per heavy atom. The number of hydrogen-bond acceptors (Lipinski definition) is 3. The molecule has 0 saturated carbocycles. The Morgan fingerprint density at radius 1 is 1.05 bits per heavy atom. The maximum atomic E-state index is 12.8. The van der Waals surface area contributed by atoms with E-state index in [9.17, 15) is 9.90 Å². The number of aromatic nitrogens is 4. The summed E-state index contributed by atoms with van der Waals surface area (Å²) >= 11 is 0. The van der Waals surface area contributed by atoms with Crippen LogP contribution in [-0.4, -0.2) is 14.2 Å². The van der Waals surface area contributed by atoms with E-state index in [1.54, 1.807) is 35.9 Å². The van der Waals surface area contributed by atoms with Gasteiger partial charge in [0.15, 0.2) is 5.52 Å². The highest BCUT2D eigenvalue weighted by Crippen LogP contribution is 2.14. The number of hydrogen-bond donors (Lipinski definition) is 0. The molecule has 0 bridgehead atoms. The van der Waals surface area contributed by atoms with Gasteiger partial charge in [-0.15, -0.1) is 0 Å². The van der Waals surface area contributed by atoms with Gasteiger partial charge in [-0.05, 0) is 24.3 Å². The molecule has 108 valence electrons. The molecule has 0 fully saturated rings. The SMILES string of the molecule is C[n+]1c2ccccc2n2nc([O-])n(-c3ccccc3)c(=O)c21. The Balaban J connectivity index is 2.21. The molecule has 4 aromatic rings. The molecule has 0 radical (unpaired) electrons. The summed E-state index contributed by atoms with van der Waals surface area (Å²) in [5.41, 5.74) is 2.05. The molecule has 2 aromatic carbocycles. The summed E-state index contributed by atoms with van der Waals surface area (Å²) in [4.78, 5) is 12.8. The van der Waals surface area contributed by atoms with Crippen LogP contribution in [0.15, 0.2) is 59.4 Å². The largest absolute Gasteiger partial charge is 0.843 e. The van der Waals surface area contributed by atoms with Crippen molar-refractivity contribution < 1.29 is 9.67 Å². The Kier molecular flexibility index (Phi) is 2.53. The molecule has 0 saturated heterocycles. The lowest BCUT2D eigenvalue weighted by atomic mass is 10.3. The van der Waals surface area contributed by atoms with Crippen molar-refractivity contribution in [3.63, 3.8) is 0 Å². The highest BCUT2D eigenvalue weighted by Gasteiger charge is 2.23. The van der Waals surface area contributed by atoms with Crippen molar-refractivity contribution in [2.75, 3.05) is 0 Å². The molecule has 22 heavy (non-hydrogen) atoms. The zero-order valence-corrected chi connectivity index (χ0v) is 11.8. The Morgan fingerprint density at radius 2 is 1.73 bits per heavy atom.